The number of hydrogen-bond acceptors (Lipinski definition) is 12. The molecule has 1 rings (SSSR count). The number of carboxylic acids is 2. The number of hydrogen-bond donors (Lipinski definition) is 8. The van der Waals surface area contributed by atoms with E-state index >= 15 is 0 Å². The number of oxime groups is 1. The second-order valence-corrected chi connectivity index (χ2v) is 10.6. The number of anilines is 1. The summed E-state index contributed by atoms with van der Waals surface area (Å²) in [6, 6.07) is -4.06. The minimum Gasteiger partial charge on any atom is -0.480 e. The van der Waals surface area contributed by atoms with Crippen LogP contribution in [0, 0.1) is 0 Å². The number of nitrogens with two attached hydrogens (primary N) is 2. The van der Waals surface area contributed by atoms with E-state index in [0.29, 0.717) is 12.8 Å². The molecule has 0 aromatic carbocycles. The van der Waals surface area contributed by atoms with Gasteiger partial charge in [0.05, 0.1) is 6.04 Å². The van der Waals surface area contributed by atoms with Crippen molar-refractivity contribution in [3.05, 3.63) is 11.1 Å². The van der Waals surface area contributed by atoms with E-state index in [1.807, 2.05) is 0 Å². The number of carbonyl (C=O) groups excluding carboxylic acids is 2. The number of thiazole rings is 1. The summed E-state index contributed by atoms with van der Waals surface area (Å²) in [5.41, 5.74) is 8.49. The van der Waals surface area contributed by atoms with Gasteiger partial charge in [0.1, 0.15) is 17.8 Å². The maximum atomic E-state index is 13.1. The van der Waals surface area contributed by atoms with E-state index < -0.39 is 63.5 Å². The van der Waals surface area contributed by atoms with Crippen LogP contribution in [0.25, 0.3) is 0 Å². The van der Waals surface area contributed by atoms with Gasteiger partial charge in [0.15, 0.2) is 10.8 Å². The third kappa shape index (κ3) is 10.9. The van der Waals surface area contributed by atoms with E-state index in [1.54, 1.807) is 4.72 Å². The van der Waals surface area contributed by atoms with Crippen molar-refractivity contribution in [2.24, 2.45) is 10.9 Å². The molecule has 10 N–H and O–H groups in total. The number of nitrogens with zero attached hydrogens (tertiary/aromatic N) is 2. The monoisotopic (exact) mass is 581 g/mol. The van der Waals surface area contributed by atoms with Crippen LogP contribution in [0.15, 0.2) is 10.5 Å². The Balaban J connectivity index is 3.13. The molecule has 3 atom stereocenters. The van der Waals surface area contributed by atoms with Crippen molar-refractivity contribution >= 4 is 56.2 Å². The SMILES string of the molecule is CC(NS(=O)(=O)O)C(NC(=O)/C(=N\OC(C)(C)C(=O)O)c1csc(N)n1)C(=O)NCCCCC(N)C(=O)O. The highest BCUT2D eigenvalue weighted by atomic mass is 32.2. The predicted octanol–water partition coefficient (Wildman–Crippen LogP) is -1.73. The van der Waals surface area contributed by atoms with Gasteiger partial charge < -0.3 is 37.2 Å². The van der Waals surface area contributed by atoms with E-state index in [9.17, 15) is 32.7 Å². The van der Waals surface area contributed by atoms with Crippen molar-refractivity contribution in [3.63, 3.8) is 0 Å². The molecule has 214 valence electrons. The van der Waals surface area contributed by atoms with Gasteiger partial charge in [0, 0.05) is 11.9 Å². The van der Waals surface area contributed by atoms with Crippen LogP contribution in [0.5, 0.6) is 0 Å². The molecule has 3 unspecified atom stereocenters. The zero-order valence-corrected chi connectivity index (χ0v) is 22.3. The molecule has 0 fully saturated rings. The van der Waals surface area contributed by atoms with Gasteiger partial charge >= 0.3 is 22.2 Å². The van der Waals surface area contributed by atoms with Gasteiger partial charge in [-0.25, -0.2) is 9.78 Å². The molecule has 0 saturated carbocycles. The molecular weight excluding hydrogens is 550 g/mol. The molecule has 0 spiro atoms. The Morgan fingerprint density at radius 3 is 2.37 bits per heavy atom. The summed E-state index contributed by atoms with van der Waals surface area (Å²) in [6.45, 7) is 3.55. The molecule has 0 saturated heterocycles. The molecule has 0 aliphatic rings. The molecule has 0 aliphatic carbocycles. The summed E-state index contributed by atoms with van der Waals surface area (Å²) in [5, 5.41) is 27.7. The molecular formula is C19H31N7O10S2. The number of nitrogen functional groups attached to an aromatic ring is 1. The normalized spacial score (nSPS) is 14.7. The van der Waals surface area contributed by atoms with E-state index in [4.69, 9.17) is 26.0 Å². The third-order valence-electron chi connectivity index (χ3n) is 4.82. The molecule has 2 amide bonds. The number of carboxylic acid groups (broad SMARTS) is 2. The van der Waals surface area contributed by atoms with Crippen LogP contribution in [-0.4, -0.2) is 87.9 Å². The Labute approximate surface area is 221 Å². The van der Waals surface area contributed by atoms with Crippen molar-refractivity contribution < 1.29 is 47.2 Å². The van der Waals surface area contributed by atoms with Gasteiger partial charge in [0.25, 0.3) is 5.91 Å². The summed E-state index contributed by atoms with van der Waals surface area (Å²) < 4.78 is 33.6. The molecule has 19 heteroatoms. The fraction of sp³-hybridized carbons (Fsp3) is 0.579. The van der Waals surface area contributed by atoms with Crippen LogP contribution in [0.4, 0.5) is 5.13 Å². The van der Waals surface area contributed by atoms with Crippen LogP contribution < -0.4 is 26.8 Å². The first kappa shape index (κ1) is 32.6. The third-order valence-corrected chi connectivity index (χ3v) is 6.17. The van der Waals surface area contributed by atoms with Crippen molar-refractivity contribution in [1.82, 2.24) is 20.3 Å². The Kier molecular flexibility index (Phi) is 12.0. The number of carbonyl (C=O) groups is 4. The van der Waals surface area contributed by atoms with E-state index in [-0.39, 0.29) is 23.8 Å². The highest BCUT2D eigenvalue weighted by molar-refractivity contribution is 7.83. The minimum atomic E-state index is -4.79. The van der Waals surface area contributed by atoms with Crippen LogP contribution in [0.2, 0.25) is 0 Å². The lowest BCUT2D eigenvalue weighted by molar-refractivity contribution is -0.161. The summed E-state index contributed by atoms with van der Waals surface area (Å²) in [4.78, 5) is 57.0. The summed E-state index contributed by atoms with van der Waals surface area (Å²) >= 11 is 0.933. The van der Waals surface area contributed by atoms with Gasteiger partial charge in [0.2, 0.25) is 11.5 Å². The van der Waals surface area contributed by atoms with E-state index in [1.165, 1.54) is 26.2 Å². The number of nitrogens with one attached hydrogen (secondary N) is 3. The maximum Gasteiger partial charge on any atom is 0.350 e. The van der Waals surface area contributed by atoms with Crippen LogP contribution in [0.1, 0.15) is 45.7 Å². The quantitative estimate of drug-likeness (QED) is 0.0467. The molecule has 1 aromatic heterocycles. The topological polar surface area (TPSA) is 286 Å². The molecule has 17 nitrogen and oxygen atoms in total. The number of rotatable bonds is 16. The Bertz CT molecular complexity index is 1150. The molecule has 0 bridgehead atoms. The molecule has 1 aromatic rings. The number of unbranched alkanes of at least 4 members (excludes halogenated alkanes) is 1. The summed E-state index contributed by atoms with van der Waals surface area (Å²) in [5.74, 6) is -4.54. The fourth-order valence-electron chi connectivity index (χ4n) is 2.66. The van der Waals surface area contributed by atoms with Crippen LogP contribution in [-0.2, 0) is 34.3 Å². The van der Waals surface area contributed by atoms with Crippen molar-refractivity contribution in [1.29, 1.82) is 0 Å². The number of amides is 2. The Hall–Kier alpha value is -3.39. The predicted molar refractivity (Wildman–Crippen MR) is 134 cm³/mol. The summed E-state index contributed by atoms with van der Waals surface area (Å²) in [7, 11) is -4.79. The van der Waals surface area contributed by atoms with Gasteiger partial charge in [-0.05, 0) is 40.0 Å². The highest BCUT2D eigenvalue weighted by Gasteiger charge is 2.34. The Morgan fingerprint density at radius 1 is 1.24 bits per heavy atom. The standard InChI is InChI=1S/C19H31N7O10S2/c1-9(26-38(33,34)35)12(14(27)22-7-5-4-6-10(20)16(29)30)24-15(28)13(11-8-37-18(21)23-11)25-36-19(2,3)17(31)32/h8-10,12,26H,4-7,20H2,1-3H3,(H2,21,23)(H,22,27)(H,24,28)(H,29,30)(H,31,32)(H,33,34,35)/b25-13-. The first-order valence-electron chi connectivity index (χ1n) is 11.0. The van der Waals surface area contributed by atoms with Gasteiger partial charge in [-0.1, -0.05) is 5.16 Å². The lowest BCUT2D eigenvalue weighted by Gasteiger charge is -2.24. The highest BCUT2D eigenvalue weighted by Crippen LogP contribution is 2.15. The van der Waals surface area contributed by atoms with Gasteiger partial charge in [-0.15, -0.1) is 11.3 Å². The van der Waals surface area contributed by atoms with E-state index in [2.05, 4.69) is 20.8 Å². The maximum absolute atomic E-state index is 13.1. The smallest absolute Gasteiger partial charge is 0.350 e. The zero-order valence-electron chi connectivity index (χ0n) is 20.7. The van der Waals surface area contributed by atoms with Crippen molar-refractivity contribution in [3.8, 4) is 0 Å². The van der Waals surface area contributed by atoms with Crippen molar-refractivity contribution in [2.75, 3.05) is 12.3 Å². The molecule has 0 aliphatic heterocycles. The van der Waals surface area contributed by atoms with E-state index in [0.717, 1.165) is 11.3 Å². The van der Waals surface area contributed by atoms with Crippen molar-refractivity contribution in [2.45, 2.75) is 63.8 Å². The second kappa shape index (κ2) is 14.0. The van der Waals surface area contributed by atoms with Crippen LogP contribution >= 0.6 is 11.3 Å². The summed E-state index contributed by atoms with van der Waals surface area (Å²) in [6.07, 6.45) is 0.814. The first-order valence-corrected chi connectivity index (χ1v) is 13.3. The lowest BCUT2D eigenvalue weighted by Crippen LogP contribution is -2.58. The largest absolute Gasteiger partial charge is 0.480 e. The number of aromatic nitrogens is 1. The molecule has 1 heterocycles. The second-order valence-electron chi connectivity index (χ2n) is 8.48. The average Bonchev–Trinajstić information content (AvgIpc) is 3.21. The average molecular weight is 582 g/mol. The minimum absolute atomic E-state index is 0.0234. The first-order chi connectivity index (χ1) is 17.4. The molecule has 38 heavy (non-hydrogen) atoms. The van der Waals surface area contributed by atoms with Gasteiger partial charge in [-0.2, -0.15) is 13.1 Å². The van der Waals surface area contributed by atoms with Gasteiger partial charge in [-0.3, -0.25) is 18.9 Å². The van der Waals surface area contributed by atoms with Crippen LogP contribution in [0.3, 0.4) is 0 Å². The number of aliphatic carboxylic acids is 2. The zero-order chi connectivity index (χ0) is 29.3. The Morgan fingerprint density at radius 2 is 1.87 bits per heavy atom. The molecule has 0 radical (unpaired) electrons. The lowest BCUT2D eigenvalue weighted by atomic mass is 10.1. The fourth-order valence-corrected chi connectivity index (χ4v) is 3.82.